The number of para-hydroxylation sites is 1. The first-order valence-electron chi connectivity index (χ1n) is 6.14. The first-order chi connectivity index (χ1) is 9.65. The lowest BCUT2D eigenvalue weighted by Gasteiger charge is -2.13. The van der Waals surface area contributed by atoms with Crippen molar-refractivity contribution in [3.05, 3.63) is 75.9 Å². The highest BCUT2D eigenvalue weighted by Crippen LogP contribution is 2.30. The molecule has 20 heavy (non-hydrogen) atoms. The van der Waals surface area contributed by atoms with Crippen molar-refractivity contribution in [2.45, 2.75) is 6.10 Å². The van der Waals surface area contributed by atoms with Gasteiger partial charge in [0.2, 0.25) is 0 Å². The molecule has 0 amide bonds. The first kappa shape index (κ1) is 13.4. The number of hydrogen-bond donors (Lipinski definition) is 1. The molecule has 0 aliphatic heterocycles. The third kappa shape index (κ3) is 2.50. The van der Waals surface area contributed by atoms with E-state index in [1.165, 1.54) is 0 Å². The Morgan fingerprint density at radius 3 is 2.60 bits per heavy atom. The van der Waals surface area contributed by atoms with Gasteiger partial charge in [-0.25, -0.2) is 4.98 Å². The standard InChI is InChI=1S/C16H11Cl2NO/c17-11-6-7-13(18)12(9-11)16(20)15-8-5-10-3-1-2-4-14(10)19-15/h1-9,16,20H. The molecule has 0 aliphatic carbocycles. The second-order valence-corrected chi connectivity index (χ2v) is 5.34. The zero-order valence-corrected chi connectivity index (χ0v) is 11.9. The van der Waals surface area contributed by atoms with Crippen LogP contribution in [0.4, 0.5) is 0 Å². The molecule has 1 unspecified atom stereocenters. The van der Waals surface area contributed by atoms with Crippen molar-refractivity contribution in [2.24, 2.45) is 0 Å². The van der Waals surface area contributed by atoms with E-state index in [0.717, 1.165) is 10.9 Å². The molecule has 4 heteroatoms. The first-order valence-corrected chi connectivity index (χ1v) is 6.89. The minimum absolute atomic E-state index is 0.469. The summed E-state index contributed by atoms with van der Waals surface area (Å²) in [5.41, 5.74) is 1.94. The molecule has 3 aromatic rings. The van der Waals surface area contributed by atoms with Crippen LogP contribution >= 0.6 is 23.2 Å². The molecule has 1 atom stereocenters. The average molecular weight is 304 g/mol. The smallest absolute Gasteiger partial charge is 0.122 e. The molecule has 1 aromatic heterocycles. The highest BCUT2D eigenvalue weighted by Gasteiger charge is 2.16. The molecule has 0 radical (unpaired) electrons. The summed E-state index contributed by atoms with van der Waals surface area (Å²) in [5, 5.41) is 12.5. The quantitative estimate of drug-likeness (QED) is 0.749. The van der Waals surface area contributed by atoms with Gasteiger partial charge >= 0.3 is 0 Å². The van der Waals surface area contributed by atoms with E-state index in [1.54, 1.807) is 24.3 Å². The predicted octanol–water partition coefficient (Wildman–Crippen LogP) is 4.62. The Bertz CT molecular complexity index is 773. The third-order valence-electron chi connectivity index (χ3n) is 3.15. The Labute approximate surface area is 126 Å². The van der Waals surface area contributed by atoms with E-state index in [-0.39, 0.29) is 0 Å². The fraction of sp³-hybridized carbons (Fsp3) is 0.0625. The maximum atomic E-state index is 10.5. The number of aliphatic hydroxyl groups is 1. The van der Waals surface area contributed by atoms with E-state index in [4.69, 9.17) is 23.2 Å². The van der Waals surface area contributed by atoms with Crippen LogP contribution in [-0.2, 0) is 0 Å². The second kappa shape index (κ2) is 5.41. The van der Waals surface area contributed by atoms with Crippen LogP contribution < -0.4 is 0 Å². The van der Waals surface area contributed by atoms with Crippen molar-refractivity contribution in [3.8, 4) is 0 Å². The molecule has 2 aromatic carbocycles. The number of pyridine rings is 1. The summed E-state index contributed by atoms with van der Waals surface area (Å²) in [6, 6.07) is 16.5. The molecule has 0 fully saturated rings. The van der Waals surface area contributed by atoms with Gasteiger partial charge in [-0.3, -0.25) is 0 Å². The number of hydrogen-bond acceptors (Lipinski definition) is 2. The summed E-state index contributed by atoms with van der Waals surface area (Å²) in [4.78, 5) is 4.47. The van der Waals surface area contributed by atoms with Crippen molar-refractivity contribution >= 4 is 34.1 Å². The van der Waals surface area contributed by atoms with Gasteiger partial charge in [-0.2, -0.15) is 0 Å². The summed E-state index contributed by atoms with van der Waals surface area (Å²) in [6.07, 6.45) is -0.897. The van der Waals surface area contributed by atoms with E-state index in [2.05, 4.69) is 4.98 Å². The van der Waals surface area contributed by atoms with Crippen molar-refractivity contribution < 1.29 is 5.11 Å². The predicted molar refractivity (Wildman–Crippen MR) is 82.3 cm³/mol. The summed E-state index contributed by atoms with van der Waals surface area (Å²) in [7, 11) is 0. The van der Waals surface area contributed by atoms with Gasteiger partial charge in [0.15, 0.2) is 0 Å². The van der Waals surface area contributed by atoms with Gasteiger partial charge in [0.05, 0.1) is 11.2 Å². The number of rotatable bonds is 2. The lowest BCUT2D eigenvalue weighted by atomic mass is 10.0. The highest BCUT2D eigenvalue weighted by molar-refractivity contribution is 6.33. The molecule has 0 bridgehead atoms. The molecule has 0 aliphatic rings. The molecule has 1 heterocycles. The van der Waals surface area contributed by atoms with Crippen molar-refractivity contribution in [2.75, 3.05) is 0 Å². The molecule has 3 rings (SSSR count). The van der Waals surface area contributed by atoms with Crippen LogP contribution in [0.1, 0.15) is 17.4 Å². The fourth-order valence-corrected chi connectivity index (χ4v) is 2.52. The Kier molecular flexibility index (Phi) is 3.62. The monoisotopic (exact) mass is 303 g/mol. The molecule has 1 N–H and O–H groups in total. The molecular formula is C16H11Cl2NO. The van der Waals surface area contributed by atoms with Crippen molar-refractivity contribution in [3.63, 3.8) is 0 Å². The number of aliphatic hydroxyl groups excluding tert-OH is 1. The number of halogens is 2. The lowest BCUT2D eigenvalue weighted by Crippen LogP contribution is -2.03. The van der Waals surface area contributed by atoms with E-state index >= 15 is 0 Å². The Balaban J connectivity index is 2.07. The van der Waals surface area contributed by atoms with E-state index < -0.39 is 6.10 Å². The number of fused-ring (bicyclic) bond motifs is 1. The third-order valence-corrected chi connectivity index (χ3v) is 3.73. The van der Waals surface area contributed by atoms with Crippen LogP contribution in [0.3, 0.4) is 0 Å². The largest absolute Gasteiger partial charge is 0.382 e. The second-order valence-electron chi connectivity index (χ2n) is 4.50. The van der Waals surface area contributed by atoms with Crippen LogP contribution in [0.15, 0.2) is 54.6 Å². The van der Waals surface area contributed by atoms with Crippen LogP contribution in [0.5, 0.6) is 0 Å². The normalized spacial score (nSPS) is 12.6. The van der Waals surface area contributed by atoms with Gasteiger partial charge < -0.3 is 5.11 Å². The minimum atomic E-state index is -0.897. The number of benzene rings is 2. The van der Waals surface area contributed by atoms with Crippen LogP contribution in [-0.4, -0.2) is 10.1 Å². The van der Waals surface area contributed by atoms with Crippen molar-refractivity contribution in [1.82, 2.24) is 4.98 Å². The average Bonchev–Trinajstić information content (AvgIpc) is 2.48. The van der Waals surface area contributed by atoms with Crippen LogP contribution in [0.2, 0.25) is 10.0 Å². The van der Waals surface area contributed by atoms with Crippen LogP contribution in [0, 0.1) is 0 Å². The zero-order chi connectivity index (χ0) is 14.1. The molecule has 0 saturated carbocycles. The molecule has 2 nitrogen and oxygen atoms in total. The summed E-state index contributed by atoms with van der Waals surface area (Å²) in [6.45, 7) is 0. The topological polar surface area (TPSA) is 33.1 Å². The Hall–Kier alpha value is -1.61. The Morgan fingerprint density at radius 2 is 1.75 bits per heavy atom. The van der Waals surface area contributed by atoms with Gasteiger partial charge in [-0.1, -0.05) is 47.5 Å². The molecule has 100 valence electrons. The van der Waals surface area contributed by atoms with Gasteiger partial charge in [0.25, 0.3) is 0 Å². The Morgan fingerprint density at radius 1 is 0.950 bits per heavy atom. The lowest BCUT2D eigenvalue weighted by molar-refractivity contribution is 0.216. The summed E-state index contributed by atoms with van der Waals surface area (Å²) >= 11 is 12.1. The maximum Gasteiger partial charge on any atom is 0.122 e. The van der Waals surface area contributed by atoms with Gasteiger partial charge in [-0.15, -0.1) is 0 Å². The summed E-state index contributed by atoms with van der Waals surface area (Å²) in [5.74, 6) is 0. The molecule has 0 saturated heterocycles. The maximum absolute atomic E-state index is 10.5. The minimum Gasteiger partial charge on any atom is -0.382 e. The van der Waals surface area contributed by atoms with Gasteiger partial charge in [0, 0.05) is 21.0 Å². The number of nitrogens with zero attached hydrogens (tertiary/aromatic N) is 1. The van der Waals surface area contributed by atoms with Gasteiger partial charge in [-0.05, 0) is 30.3 Å². The SMILES string of the molecule is OC(c1ccc2ccccc2n1)c1cc(Cl)ccc1Cl. The summed E-state index contributed by atoms with van der Waals surface area (Å²) < 4.78 is 0. The zero-order valence-electron chi connectivity index (χ0n) is 10.4. The highest BCUT2D eigenvalue weighted by atomic mass is 35.5. The van der Waals surface area contributed by atoms with Crippen LogP contribution in [0.25, 0.3) is 10.9 Å². The molecule has 0 spiro atoms. The fourth-order valence-electron chi connectivity index (χ4n) is 2.12. The molecular weight excluding hydrogens is 293 g/mol. The van der Waals surface area contributed by atoms with E-state index in [0.29, 0.717) is 21.3 Å². The van der Waals surface area contributed by atoms with E-state index in [9.17, 15) is 5.11 Å². The number of aromatic nitrogens is 1. The van der Waals surface area contributed by atoms with E-state index in [1.807, 2.05) is 30.3 Å². The van der Waals surface area contributed by atoms with Crippen molar-refractivity contribution in [1.29, 1.82) is 0 Å². The van der Waals surface area contributed by atoms with Gasteiger partial charge in [0.1, 0.15) is 6.10 Å².